The Labute approximate surface area is 206 Å². The molecular formula is C26H28Cl2SiZr. The third kappa shape index (κ3) is 6.79. The summed E-state index contributed by atoms with van der Waals surface area (Å²) in [5.74, 6) is 0. The van der Waals surface area contributed by atoms with Gasteiger partial charge in [0.25, 0.3) is 0 Å². The van der Waals surface area contributed by atoms with Crippen LogP contribution in [0.3, 0.4) is 0 Å². The average Bonchev–Trinajstić information content (AvgIpc) is 3.20. The Balaban J connectivity index is 0.000000207. The molecule has 0 unspecified atom stereocenters. The summed E-state index contributed by atoms with van der Waals surface area (Å²) in [4.78, 5) is 0. The number of halogens is 2. The van der Waals surface area contributed by atoms with E-state index in [-0.39, 0.29) is 5.43 Å². The summed E-state index contributed by atoms with van der Waals surface area (Å²) in [6.07, 6.45) is 0. The smallest absolute Gasteiger partial charge is 0.000442 e. The molecular weight excluding hydrogens is 503 g/mol. The Morgan fingerprint density at radius 2 is 1.40 bits per heavy atom. The second kappa shape index (κ2) is 11.6. The molecule has 0 bridgehead atoms. The van der Waals surface area contributed by atoms with Crippen molar-refractivity contribution in [3.05, 3.63) is 93.0 Å². The van der Waals surface area contributed by atoms with E-state index in [0.29, 0.717) is 10.0 Å². The van der Waals surface area contributed by atoms with Crippen LogP contribution in [0.2, 0.25) is 23.1 Å². The molecule has 0 heterocycles. The van der Waals surface area contributed by atoms with Crippen LogP contribution in [-0.2, 0) is 23.3 Å². The second-order valence-corrected chi connectivity index (χ2v) is 17.9. The van der Waals surface area contributed by atoms with Gasteiger partial charge in [-0.2, -0.15) is 28.3 Å². The van der Waals surface area contributed by atoms with Crippen molar-refractivity contribution in [3.63, 3.8) is 0 Å². The van der Waals surface area contributed by atoms with Crippen molar-refractivity contribution in [3.8, 4) is 11.1 Å². The molecule has 0 aromatic heterocycles. The van der Waals surface area contributed by atoms with E-state index >= 15 is 0 Å². The molecule has 0 spiro atoms. The van der Waals surface area contributed by atoms with Crippen LogP contribution in [-0.4, -0.2) is 5.43 Å². The summed E-state index contributed by atoms with van der Waals surface area (Å²) in [5, 5.41) is 3.53. The van der Waals surface area contributed by atoms with Gasteiger partial charge in [-0.15, -0.1) is 34.5 Å². The first-order chi connectivity index (χ1) is 14.1. The van der Waals surface area contributed by atoms with Crippen LogP contribution in [0.5, 0.6) is 0 Å². The second-order valence-electron chi connectivity index (χ2n) is 7.73. The number of fused-ring (bicyclic) bond motifs is 1. The van der Waals surface area contributed by atoms with E-state index < -0.39 is 0 Å². The largest absolute Gasteiger partial charge is 0.196 e. The van der Waals surface area contributed by atoms with Gasteiger partial charge in [0.15, 0.2) is 0 Å². The van der Waals surface area contributed by atoms with E-state index in [2.05, 4.69) is 71.1 Å². The van der Waals surface area contributed by atoms with Gasteiger partial charge in [0.1, 0.15) is 0 Å². The van der Waals surface area contributed by atoms with Gasteiger partial charge >= 0.3 is 41.9 Å². The Kier molecular flexibility index (Phi) is 9.82. The Morgan fingerprint density at radius 3 is 1.87 bits per heavy atom. The Morgan fingerprint density at radius 1 is 0.867 bits per heavy atom. The van der Waals surface area contributed by atoms with Crippen molar-refractivity contribution >= 4 is 39.4 Å². The number of hydrogen-bond donors (Lipinski definition) is 0. The van der Waals surface area contributed by atoms with Gasteiger partial charge < -0.3 is 0 Å². The minimum atomic E-state index is 0.210. The molecule has 4 aromatic rings. The number of rotatable bonds is 1. The van der Waals surface area contributed by atoms with Crippen LogP contribution in [0.4, 0.5) is 0 Å². The summed E-state index contributed by atoms with van der Waals surface area (Å²) in [7, 11) is 0. The summed E-state index contributed by atoms with van der Waals surface area (Å²) in [6, 6.07) is 20.3. The zero-order valence-electron chi connectivity index (χ0n) is 18.5. The van der Waals surface area contributed by atoms with E-state index in [1.54, 1.807) is 29.4 Å². The van der Waals surface area contributed by atoms with Crippen molar-refractivity contribution in [2.75, 3.05) is 0 Å². The fourth-order valence-electron chi connectivity index (χ4n) is 3.26. The molecule has 4 heteroatoms. The number of hydrogen-bond acceptors (Lipinski definition) is 0. The third-order valence-electron chi connectivity index (χ3n) is 5.05. The van der Waals surface area contributed by atoms with Crippen molar-refractivity contribution in [1.82, 2.24) is 0 Å². The van der Waals surface area contributed by atoms with Crippen molar-refractivity contribution < 1.29 is 23.3 Å². The molecule has 0 saturated heterocycles. The molecule has 4 aromatic carbocycles. The zero-order valence-corrected chi connectivity index (χ0v) is 23.5. The van der Waals surface area contributed by atoms with E-state index in [1.165, 1.54) is 27.8 Å². The fraction of sp³-hybridized carbons (Fsp3) is 0.231. The van der Waals surface area contributed by atoms with Gasteiger partial charge in [0.2, 0.25) is 0 Å². The standard InChI is InChI=1S/C15H9Cl2.C9H13.C2H6Si.Zr/c16-12-8-11-6-7-13(15(11)14(17)9-12)10-4-2-1-3-5-10;1-6-5-7(2)9(4)8(6)3;1-3-2;/h1-9H;5H,1-4H3;1-2H3;/q2*-1;;+2. The van der Waals surface area contributed by atoms with Crippen LogP contribution >= 0.6 is 23.2 Å². The van der Waals surface area contributed by atoms with Gasteiger partial charge in [-0.25, -0.2) is 0 Å². The molecule has 4 rings (SSSR count). The van der Waals surface area contributed by atoms with Crippen molar-refractivity contribution in [2.45, 2.75) is 40.8 Å². The molecule has 0 N–H and O–H groups in total. The molecule has 0 atom stereocenters. The van der Waals surface area contributed by atoms with Crippen LogP contribution < -0.4 is 0 Å². The molecule has 0 nitrogen and oxygen atoms in total. The minimum Gasteiger partial charge on any atom is -0.196 e. The minimum absolute atomic E-state index is 0.210. The van der Waals surface area contributed by atoms with Gasteiger partial charge in [-0.1, -0.05) is 86.8 Å². The summed E-state index contributed by atoms with van der Waals surface area (Å²) in [5.41, 5.74) is 8.28. The Bertz CT molecular complexity index is 1110. The molecule has 30 heavy (non-hydrogen) atoms. The topological polar surface area (TPSA) is 0 Å². The van der Waals surface area contributed by atoms with E-state index in [0.717, 1.165) is 16.3 Å². The third-order valence-corrected chi connectivity index (χ3v) is 5.56. The normalized spacial score (nSPS) is 10.2. The SMILES string of the molecule is C[Si](C)=[Zr+2].Cc1[cH-]c(C)c(C)c1C.Clc1cc(Cl)c2c(-c3ccccc3)c[cH-]c2c1. The van der Waals surface area contributed by atoms with E-state index in [4.69, 9.17) is 23.2 Å². The van der Waals surface area contributed by atoms with Gasteiger partial charge in [-0.3, -0.25) is 0 Å². The quantitative estimate of drug-likeness (QED) is 0.170. The van der Waals surface area contributed by atoms with Crippen LogP contribution in [0, 0.1) is 27.7 Å². The molecule has 0 radical (unpaired) electrons. The fourth-order valence-corrected chi connectivity index (χ4v) is 3.87. The predicted molar refractivity (Wildman–Crippen MR) is 133 cm³/mol. The van der Waals surface area contributed by atoms with Crippen LogP contribution in [0.15, 0.2) is 60.7 Å². The summed E-state index contributed by atoms with van der Waals surface area (Å²) in [6.45, 7) is 13.3. The summed E-state index contributed by atoms with van der Waals surface area (Å²) >= 11 is 14.0. The molecule has 0 aliphatic heterocycles. The summed E-state index contributed by atoms with van der Waals surface area (Å²) < 4.78 is 0. The molecule has 0 fully saturated rings. The van der Waals surface area contributed by atoms with Crippen LogP contribution in [0.25, 0.3) is 21.9 Å². The first-order valence-corrected chi connectivity index (χ1v) is 16.9. The zero-order chi connectivity index (χ0) is 22.4. The molecule has 0 aliphatic carbocycles. The van der Waals surface area contributed by atoms with Crippen LogP contribution in [0.1, 0.15) is 22.3 Å². The average molecular weight is 531 g/mol. The van der Waals surface area contributed by atoms with Crippen molar-refractivity contribution in [1.29, 1.82) is 0 Å². The van der Waals surface area contributed by atoms with E-state index in [1.807, 2.05) is 24.3 Å². The molecule has 0 saturated carbocycles. The number of aryl methyl sites for hydroxylation is 2. The van der Waals surface area contributed by atoms with Crippen molar-refractivity contribution in [2.24, 2.45) is 0 Å². The first-order valence-electron chi connectivity index (χ1n) is 9.93. The predicted octanol–water partition coefficient (Wildman–Crippen LogP) is 8.96. The molecule has 154 valence electrons. The maximum absolute atomic E-state index is 6.27. The molecule has 0 amide bonds. The van der Waals surface area contributed by atoms with Gasteiger partial charge in [-0.05, 0) is 11.1 Å². The maximum Gasteiger partial charge on any atom is 0.000442 e. The Hall–Kier alpha value is -0.920. The number of benzene rings is 2. The molecule has 0 aliphatic rings. The monoisotopic (exact) mass is 528 g/mol. The maximum atomic E-state index is 6.27. The van der Waals surface area contributed by atoms with E-state index in [9.17, 15) is 0 Å². The first kappa shape index (κ1) is 25.3. The van der Waals surface area contributed by atoms with Gasteiger partial charge in [0, 0.05) is 5.02 Å². The van der Waals surface area contributed by atoms with Gasteiger partial charge in [0.05, 0.1) is 0 Å².